The van der Waals surface area contributed by atoms with Crippen LogP contribution in [0.3, 0.4) is 0 Å². The zero-order chi connectivity index (χ0) is 29.5. The van der Waals surface area contributed by atoms with E-state index in [4.69, 9.17) is 0 Å². The summed E-state index contributed by atoms with van der Waals surface area (Å²) in [7, 11) is 0. The Kier molecular flexibility index (Phi) is 21.8. The van der Waals surface area contributed by atoms with Gasteiger partial charge in [-0.25, -0.2) is 9.59 Å². The summed E-state index contributed by atoms with van der Waals surface area (Å²) in [6, 6.07) is -3.62. The van der Waals surface area contributed by atoms with Crippen molar-refractivity contribution in [3.8, 4) is 0 Å². The Morgan fingerprint density at radius 3 is 1.21 bits per heavy atom. The molecule has 0 aliphatic heterocycles. The summed E-state index contributed by atoms with van der Waals surface area (Å²) in [6.45, 7) is 7.21. The molecule has 0 spiro atoms. The SMILES string of the molecule is CCCCCCCCCCCCCCCCCC/C=C/[N+](C(CC)C(=O)[O-])(C(CC)C(=O)O)C(CC)C(=O)O. The summed E-state index contributed by atoms with van der Waals surface area (Å²) in [5.41, 5.74) is 0. The van der Waals surface area contributed by atoms with Gasteiger partial charge < -0.3 is 20.1 Å². The minimum atomic E-state index is -1.41. The van der Waals surface area contributed by atoms with Crippen molar-refractivity contribution in [2.24, 2.45) is 0 Å². The Hall–Kier alpha value is -1.89. The maximum atomic E-state index is 12.2. The first kappa shape index (κ1) is 37.1. The molecule has 2 N–H and O–H groups in total. The number of rotatable bonds is 27. The van der Waals surface area contributed by atoms with Gasteiger partial charge in [-0.2, -0.15) is 0 Å². The van der Waals surface area contributed by atoms with Crippen LogP contribution in [0.2, 0.25) is 0 Å². The molecule has 0 aliphatic carbocycles. The monoisotopic (exact) mass is 553 g/mol. The van der Waals surface area contributed by atoms with Crippen LogP contribution in [-0.2, 0) is 14.4 Å². The van der Waals surface area contributed by atoms with E-state index < -0.39 is 40.5 Å². The molecule has 0 saturated heterocycles. The van der Waals surface area contributed by atoms with Gasteiger partial charge in [0, 0.05) is 19.3 Å². The maximum Gasteiger partial charge on any atom is 0.362 e. The van der Waals surface area contributed by atoms with Gasteiger partial charge in [0.2, 0.25) is 0 Å². The quantitative estimate of drug-likeness (QED) is 0.0819. The minimum Gasteiger partial charge on any atom is -0.544 e. The number of carbonyl (C=O) groups is 3. The van der Waals surface area contributed by atoms with E-state index in [-0.39, 0.29) is 19.3 Å². The van der Waals surface area contributed by atoms with Gasteiger partial charge in [0.15, 0.2) is 12.1 Å². The fraction of sp³-hybridized carbons (Fsp3) is 0.844. The van der Waals surface area contributed by atoms with Crippen molar-refractivity contribution < 1.29 is 34.2 Å². The highest BCUT2D eigenvalue weighted by Gasteiger charge is 2.53. The van der Waals surface area contributed by atoms with E-state index in [1.807, 2.05) is 0 Å². The predicted molar refractivity (Wildman–Crippen MR) is 156 cm³/mol. The van der Waals surface area contributed by atoms with E-state index in [0.717, 1.165) is 19.3 Å². The number of aliphatic carboxylic acids is 3. The van der Waals surface area contributed by atoms with Crippen molar-refractivity contribution in [1.82, 2.24) is 0 Å². The van der Waals surface area contributed by atoms with Crippen molar-refractivity contribution in [3.63, 3.8) is 0 Å². The first-order valence-corrected chi connectivity index (χ1v) is 16.0. The average molecular weight is 554 g/mol. The molecule has 0 heterocycles. The van der Waals surface area contributed by atoms with E-state index in [1.165, 1.54) is 83.5 Å². The Morgan fingerprint density at radius 1 is 0.590 bits per heavy atom. The third-order valence-corrected chi connectivity index (χ3v) is 8.21. The Morgan fingerprint density at radius 2 is 0.923 bits per heavy atom. The number of carboxylic acids is 3. The molecule has 0 aliphatic rings. The van der Waals surface area contributed by atoms with Crippen LogP contribution in [0, 0.1) is 0 Å². The third-order valence-electron chi connectivity index (χ3n) is 8.21. The number of carboxylic acid groups (broad SMARTS) is 3. The molecule has 0 fully saturated rings. The topological polar surface area (TPSA) is 115 Å². The molecule has 0 aromatic rings. The van der Waals surface area contributed by atoms with Gasteiger partial charge >= 0.3 is 11.9 Å². The molecule has 0 radical (unpaired) electrons. The van der Waals surface area contributed by atoms with Gasteiger partial charge in [0.1, 0.15) is 6.04 Å². The van der Waals surface area contributed by atoms with Crippen LogP contribution in [0.15, 0.2) is 12.3 Å². The molecule has 7 heteroatoms. The molecule has 0 aromatic carbocycles. The lowest BCUT2D eigenvalue weighted by atomic mass is 9.95. The Labute approximate surface area is 238 Å². The van der Waals surface area contributed by atoms with E-state index in [9.17, 15) is 29.7 Å². The van der Waals surface area contributed by atoms with Gasteiger partial charge in [-0.15, -0.1) is 0 Å². The summed E-state index contributed by atoms with van der Waals surface area (Å²) in [5, 5.41) is 32.0. The largest absolute Gasteiger partial charge is 0.544 e. The van der Waals surface area contributed by atoms with Crippen molar-refractivity contribution in [2.45, 2.75) is 174 Å². The number of allylic oxidation sites excluding steroid dienone is 1. The van der Waals surface area contributed by atoms with Crippen LogP contribution in [0.4, 0.5) is 0 Å². The van der Waals surface area contributed by atoms with Crippen LogP contribution in [0.25, 0.3) is 0 Å². The van der Waals surface area contributed by atoms with Gasteiger partial charge in [-0.1, -0.05) is 124 Å². The molecule has 3 atom stereocenters. The number of unbranched alkanes of at least 4 members (excludes halogenated alkanes) is 16. The Bertz CT molecular complexity index is 637. The van der Waals surface area contributed by atoms with E-state index in [0.29, 0.717) is 6.42 Å². The summed E-state index contributed by atoms with van der Waals surface area (Å²) < 4.78 is -0.643. The van der Waals surface area contributed by atoms with E-state index in [1.54, 1.807) is 33.0 Å². The van der Waals surface area contributed by atoms with Crippen molar-refractivity contribution >= 4 is 17.9 Å². The molecule has 0 saturated carbocycles. The smallest absolute Gasteiger partial charge is 0.362 e. The normalized spacial score (nSPS) is 15.6. The number of hydrogen-bond donors (Lipinski definition) is 2. The lowest BCUT2D eigenvalue weighted by molar-refractivity contribution is -0.929. The highest BCUT2D eigenvalue weighted by molar-refractivity contribution is 5.77. The number of quaternary nitrogens is 1. The zero-order valence-electron chi connectivity index (χ0n) is 25.5. The van der Waals surface area contributed by atoms with Gasteiger partial charge in [-0.3, -0.25) is 4.48 Å². The molecule has 0 bridgehead atoms. The summed E-state index contributed by atoms with van der Waals surface area (Å²) in [5.74, 6) is -3.79. The first-order chi connectivity index (χ1) is 18.7. The number of carbonyl (C=O) groups excluding carboxylic acids is 1. The predicted octanol–water partition coefficient (Wildman–Crippen LogP) is 7.22. The second kappa shape index (κ2) is 22.9. The van der Waals surface area contributed by atoms with Crippen LogP contribution >= 0.6 is 0 Å². The molecule has 228 valence electrons. The van der Waals surface area contributed by atoms with Crippen molar-refractivity contribution in [3.05, 3.63) is 12.3 Å². The Balaban J connectivity index is 4.67. The standard InChI is InChI=1S/C32H59NO6/c1-5-9-10-11-12-13-14-15-16-17-18-19-20-21-22-23-24-25-26-33(27(6-2)30(34)35,28(7-3)31(36)37)29(8-4)32(38)39/h25-29H,5-24H2,1-4H3,(H2-,34,35,36,37,38,39)/b26-25+. The summed E-state index contributed by atoms with van der Waals surface area (Å²) in [6.07, 6.45) is 24.8. The van der Waals surface area contributed by atoms with Crippen LogP contribution in [-0.4, -0.2) is 50.7 Å². The molecular weight excluding hydrogens is 494 g/mol. The summed E-state index contributed by atoms with van der Waals surface area (Å²) in [4.78, 5) is 36.5. The molecule has 0 amide bonds. The lowest BCUT2D eigenvalue weighted by Gasteiger charge is -2.48. The van der Waals surface area contributed by atoms with Crippen molar-refractivity contribution in [2.75, 3.05) is 0 Å². The molecule has 0 aromatic heterocycles. The number of hydrogen-bond acceptors (Lipinski definition) is 4. The van der Waals surface area contributed by atoms with Gasteiger partial charge in [0.05, 0.1) is 12.2 Å². The molecule has 0 rings (SSSR count). The highest BCUT2D eigenvalue weighted by atomic mass is 16.4. The molecule has 39 heavy (non-hydrogen) atoms. The van der Waals surface area contributed by atoms with E-state index >= 15 is 0 Å². The van der Waals surface area contributed by atoms with Crippen LogP contribution in [0.1, 0.15) is 156 Å². The number of nitrogens with zero attached hydrogens (tertiary/aromatic N) is 1. The average Bonchev–Trinajstić information content (AvgIpc) is 2.88. The van der Waals surface area contributed by atoms with Gasteiger partial charge in [-0.05, 0) is 18.9 Å². The van der Waals surface area contributed by atoms with Crippen LogP contribution in [0.5, 0.6) is 0 Å². The third kappa shape index (κ3) is 13.8. The lowest BCUT2D eigenvalue weighted by Crippen LogP contribution is -2.70. The highest BCUT2D eigenvalue weighted by Crippen LogP contribution is 2.32. The minimum absolute atomic E-state index is 0.0826. The fourth-order valence-corrected chi connectivity index (χ4v) is 6.06. The molecule has 7 nitrogen and oxygen atoms in total. The van der Waals surface area contributed by atoms with Gasteiger partial charge in [0.25, 0.3) is 0 Å². The van der Waals surface area contributed by atoms with E-state index in [2.05, 4.69) is 6.92 Å². The summed E-state index contributed by atoms with van der Waals surface area (Å²) >= 11 is 0. The fourth-order valence-electron chi connectivity index (χ4n) is 6.06. The van der Waals surface area contributed by atoms with Crippen molar-refractivity contribution in [1.29, 1.82) is 0 Å². The maximum absolute atomic E-state index is 12.2. The second-order valence-electron chi connectivity index (χ2n) is 11.1. The first-order valence-electron chi connectivity index (χ1n) is 16.0. The second-order valence-corrected chi connectivity index (χ2v) is 11.1. The van der Waals surface area contributed by atoms with Crippen LogP contribution < -0.4 is 5.11 Å². The zero-order valence-corrected chi connectivity index (χ0v) is 25.5. The molecule has 3 unspecified atom stereocenters. The molecular formula is C32H59NO6.